The summed E-state index contributed by atoms with van der Waals surface area (Å²) >= 11 is 0. The van der Waals surface area contributed by atoms with Gasteiger partial charge in [-0.2, -0.15) is 0 Å². The third-order valence-corrected chi connectivity index (χ3v) is 3.03. The third kappa shape index (κ3) is 3.35. The Labute approximate surface area is 120 Å². The summed E-state index contributed by atoms with van der Waals surface area (Å²) < 4.78 is 26.2. The van der Waals surface area contributed by atoms with Gasteiger partial charge in [-0.05, 0) is 11.6 Å². The molecule has 0 saturated carbocycles. The number of aliphatic hydroxyl groups excluding tert-OH is 1. The first-order chi connectivity index (χ1) is 10.0. The average Bonchev–Trinajstić information content (AvgIpc) is 2.49. The summed E-state index contributed by atoms with van der Waals surface area (Å²) in [4.78, 5) is 12.1. The number of carbonyl (C=O) groups is 1. The van der Waals surface area contributed by atoms with Crippen molar-refractivity contribution >= 4 is 11.6 Å². The molecule has 2 rings (SSSR count). The number of hydrogen-bond donors (Lipinski definition) is 3. The predicted octanol–water partition coefficient (Wildman–Crippen LogP) is 2.01. The molecule has 0 radical (unpaired) electrons. The number of amides is 1. The lowest BCUT2D eigenvalue weighted by Gasteiger charge is -2.17. The van der Waals surface area contributed by atoms with Crippen molar-refractivity contribution in [3.05, 3.63) is 65.2 Å². The highest BCUT2D eigenvalue weighted by Crippen LogP contribution is 2.19. The lowest BCUT2D eigenvalue weighted by Crippen LogP contribution is -2.31. The van der Waals surface area contributed by atoms with Gasteiger partial charge < -0.3 is 16.2 Å². The second-order valence-electron chi connectivity index (χ2n) is 4.47. The molecule has 21 heavy (non-hydrogen) atoms. The zero-order valence-electron chi connectivity index (χ0n) is 11.0. The minimum absolute atomic E-state index is 0.170. The van der Waals surface area contributed by atoms with Crippen molar-refractivity contribution < 1.29 is 18.7 Å². The fraction of sp³-hybridized carbons (Fsp3) is 0.133. The van der Waals surface area contributed by atoms with Gasteiger partial charge in [0.15, 0.2) is 11.6 Å². The van der Waals surface area contributed by atoms with Gasteiger partial charge in [0.25, 0.3) is 5.91 Å². The van der Waals surface area contributed by atoms with Gasteiger partial charge in [0.2, 0.25) is 0 Å². The van der Waals surface area contributed by atoms with Gasteiger partial charge in [0.1, 0.15) is 0 Å². The number of nitrogens with two attached hydrogens (primary N) is 1. The molecule has 0 fully saturated rings. The van der Waals surface area contributed by atoms with Crippen LogP contribution in [0.1, 0.15) is 22.0 Å². The van der Waals surface area contributed by atoms with Crippen molar-refractivity contribution in [3.8, 4) is 0 Å². The lowest BCUT2D eigenvalue weighted by atomic mass is 10.1. The Kier molecular flexibility index (Phi) is 4.49. The average molecular weight is 292 g/mol. The number of halogens is 2. The second kappa shape index (κ2) is 6.32. The van der Waals surface area contributed by atoms with Crippen LogP contribution in [0.4, 0.5) is 14.5 Å². The van der Waals surface area contributed by atoms with E-state index in [2.05, 4.69) is 5.32 Å². The first kappa shape index (κ1) is 14.9. The zero-order chi connectivity index (χ0) is 15.4. The maximum absolute atomic E-state index is 13.2. The smallest absolute Gasteiger partial charge is 0.254 e. The van der Waals surface area contributed by atoms with Gasteiger partial charge in [-0.3, -0.25) is 4.79 Å². The molecule has 1 amide bonds. The van der Waals surface area contributed by atoms with Gasteiger partial charge in [0, 0.05) is 11.8 Å². The molecule has 0 aliphatic rings. The van der Waals surface area contributed by atoms with E-state index >= 15 is 0 Å². The zero-order valence-corrected chi connectivity index (χ0v) is 11.0. The topological polar surface area (TPSA) is 75.4 Å². The van der Waals surface area contributed by atoms with E-state index in [9.17, 15) is 18.7 Å². The van der Waals surface area contributed by atoms with Crippen LogP contribution in [0, 0.1) is 11.6 Å². The molecule has 1 unspecified atom stereocenters. The van der Waals surface area contributed by atoms with Crippen LogP contribution in [0.15, 0.2) is 42.5 Å². The molecule has 110 valence electrons. The summed E-state index contributed by atoms with van der Waals surface area (Å²) in [6.07, 6.45) is 0. The predicted molar refractivity (Wildman–Crippen MR) is 74.5 cm³/mol. The molecule has 6 heteroatoms. The molecule has 1 atom stereocenters. The van der Waals surface area contributed by atoms with E-state index in [-0.39, 0.29) is 17.9 Å². The number of nitrogens with one attached hydrogen (secondary N) is 1. The molecule has 0 aliphatic heterocycles. The van der Waals surface area contributed by atoms with Crippen molar-refractivity contribution in [3.63, 3.8) is 0 Å². The SMILES string of the molecule is Nc1cc(F)c(F)cc1C(=O)NC(CO)c1ccccc1. The minimum atomic E-state index is -1.16. The van der Waals surface area contributed by atoms with Crippen molar-refractivity contribution in [1.29, 1.82) is 0 Å². The lowest BCUT2D eigenvalue weighted by molar-refractivity contribution is 0.0916. The Balaban J connectivity index is 2.23. The van der Waals surface area contributed by atoms with Crippen LogP contribution in [-0.2, 0) is 0 Å². The molecule has 2 aromatic carbocycles. The molecular weight excluding hydrogens is 278 g/mol. The second-order valence-corrected chi connectivity index (χ2v) is 4.47. The summed E-state index contributed by atoms with van der Waals surface area (Å²) in [5.74, 6) is -2.96. The van der Waals surface area contributed by atoms with E-state index in [1.807, 2.05) is 0 Å². The van der Waals surface area contributed by atoms with Crippen LogP contribution in [0.5, 0.6) is 0 Å². The number of carbonyl (C=O) groups excluding carboxylic acids is 1. The Hall–Kier alpha value is -2.47. The highest BCUT2D eigenvalue weighted by Gasteiger charge is 2.18. The molecule has 0 saturated heterocycles. The number of aliphatic hydroxyl groups is 1. The van der Waals surface area contributed by atoms with Gasteiger partial charge in [-0.25, -0.2) is 8.78 Å². The first-order valence-electron chi connectivity index (χ1n) is 6.24. The molecule has 0 aliphatic carbocycles. The van der Waals surface area contributed by atoms with E-state index in [1.54, 1.807) is 30.3 Å². The standard InChI is InChI=1S/C15H14F2N2O2/c16-11-6-10(13(18)7-12(11)17)15(21)19-14(8-20)9-4-2-1-3-5-9/h1-7,14,20H,8,18H2,(H,19,21). The monoisotopic (exact) mass is 292 g/mol. The number of nitrogen functional groups attached to an aromatic ring is 1. The molecule has 0 spiro atoms. The number of rotatable bonds is 4. The van der Waals surface area contributed by atoms with Gasteiger partial charge in [0.05, 0.1) is 18.2 Å². The van der Waals surface area contributed by atoms with Crippen LogP contribution in [0.2, 0.25) is 0 Å². The molecule has 0 bridgehead atoms. The largest absolute Gasteiger partial charge is 0.398 e. The van der Waals surface area contributed by atoms with E-state index in [0.717, 1.165) is 12.1 Å². The van der Waals surface area contributed by atoms with Crippen LogP contribution >= 0.6 is 0 Å². The van der Waals surface area contributed by atoms with E-state index in [0.29, 0.717) is 5.56 Å². The molecule has 0 heterocycles. The number of anilines is 1. The van der Waals surface area contributed by atoms with Crippen LogP contribution in [-0.4, -0.2) is 17.6 Å². The van der Waals surface area contributed by atoms with Crippen LogP contribution in [0.3, 0.4) is 0 Å². The highest BCUT2D eigenvalue weighted by atomic mass is 19.2. The van der Waals surface area contributed by atoms with E-state index < -0.39 is 23.6 Å². The van der Waals surface area contributed by atoms with Gasteiger partial charge in [-0.1, -0.05) is 30.3 Å². The molecule has 4 N–H and O–H groups in total. The Morgan fingerprint density at radius 2 is 1.81 bits per heavy atom. The summed E-state index contributed by atoms with van der Waals surface area (Å²) in [6, 6.07) is 9.61. The van der Waals surface area contributed by atoms with Gasteiger partial charge in [-0.15, -0.1) is 0 Å². The Morgan fingerprint density at radius 3 is 2.43 bits per heavy atom. The Morgan fingerprint density at radius 1 is 1.19 bits per heavy atom. The molecular formula is C15H14F2N2O2. The molecule has 2 aromatic rings. The highest BCUT2D eigenvalue weighted by molar-refractivity contribution is 5.99. The summed E-state index contributed by atoms with van der Waals surface area (Å²) in [5.41, 5.74) is 5.86. The van der Waals surface area contributed by atoms with Crippen molar-refractivity contribution in [1.82, 2.24) is 5.32 Å². The van der Waals surface area contributed by atoms with Crippen LogP contribution in [0.25, 0.3) is 0 Å². The summed E-state index contributed by atoms with van der Waals surface area (Å²) in [5, 5.41) is 11.9. The molecule has 4 nitrogen and oxygen atoms in total. The fourth-order valence-electron chi connectivity index (χ4n) is 1.91. The quantitative estimate of drug-likeness (QED) is 0.755. The summed E-state index contributed by atoms with van der Waals surface area (Å²) in [6.45, 7) is -0.334. The third-order valence-electron chi connectivity index (χ3n) is 3.03. The number of hydrogen-bond acceptors (Lipinski definition) is 3. The van der Waals surface area contributed by atoms with Crippen molar-refractivity contribution in [2.45, 2.75) is 6.04 Å². The van der Waals surface area contributed by atoms with Crippen LogP contribution < -0.4 is 11.1 Å². The normalized spacial score (nSPS) is 12.0. The van der Waals surface area contributed by atoms with Crippen molar-refractivity contribution in [2.24, 2.45) is 0 Å². The van der Waals surface area contributed by atoms with E-state index in [1.165, 1.54) is 0 Å². The number of benzene rings is 2. The van der Waals surface area contributed by atoms with Crippen molar-refractivity contribution in [2.75, 3.05) is 12.3 Å². The first-order valence-corrected chi connectivity index (χ1v) is 6.24. The summed E-state index contributed by atoms with van der Waals surface area (Å²) in [7, 11) is 0. The van der Waals surface area contributed by atoms with E-state index in [4.69, 9.17) is 5.73 Å². The molecule has 0 aromatic heterocycles. The van der Waals surface area contributed by atoms with Gasteiger partial charge >= 0.3 is 0 Å². The fourth-order valence-corrected chi connectivity index (χ4v) is 1.91. The maximum atomic E-state index is 13.2. The Bertz CT molecular complexity index is 648. The minimum Gasteiger partial charge on any atom is -0.398 e. The maximum Gasteiger partial charge on any atom is 0.254 e.